The molecule has 4 rings (SSSR count). The van der Waals surface area contributed by atoms with Gasteiger partial charge in [-0.3, -0.25) is 9.59 Å². The van der Waals surface area contributed by atoms with E-state index in [2.05, 4.69) is 5.32 Å². The van der Waals surface area contributed by atoms with Gasteiger partial charge in [0.25, 0.3) is 11.5 Å². The molecule has 0 bridgehead atoms. The Labute approximate surface area is 184 Å². The number of hydrogen-bond acceptors (Lipinski definition) is 3. The van der Waals surface area contributed by atoms with Crippen LogP contribution in [0.15, 0.2) is 59.4 Å². The highest BCUT2D eigenvalue weighted by atomic mass is 19.1. The minimum atomic E-state index is -0.423. The maximum absolute atomic E-state index is 14.0. The van der Waals surface area contributed by atoms with E-state index in [0.29, 0.717) is 35.3 Å². The van der Waals surface area contributed by atoms with Crippen LogP contribution in [0.5, 0.6) is 5.75 Å². The molecular formula is C25H24F2N2O3. The van der Waals surface area contributed by atoms with Crippen molar-refractivity contribution in [1.82, 2.24) is 9.88 Å². The van der Waals surface area contributed by atoms with Crippen molar-refractivity contribution in [1.29, 1.82) is 0 Å². The first-order chi connectivity index (χ1) is 15.5. The van der Waals surface area contributed by atoms with Crippen LogP contribution >= 0.6 is 0 Å². The molecule has 3 aromatic rings. The molecular weight excluding hydrogens is 414 g/mol. The lowest BCUT2D eigenvalue weighted by molar-refractivity contribution is 0.0943. The van der Waals surface area contributed by atoms with Crippen LogP contribution in [0.3, 0.4) is 0 Å². The molecule has 1 N–H and O–H groups in total. The zero-order chi connectivity index (χ0) is 22.5. The Morgan fingerprint density at radius 1 is 1.03 bits per heavy atom. The zero-order valence-corrected chi connectivity index (χ0v) is 17.6. The number of carbonyl (C=O) groups is 1. The van der Waals surface area contributed by atoms with Gasteiger partial charge < -0.3 is 14.6 Å². The molecule has 1 amide bonds. The number of halogens is 2. The molecule has 0 spiro atoms. The average Bonchev–Trinajstić information content (AvgIpc) is 3.04. The molecule has 166 valence electrons. The number of fused-ring (bicyclic) bond motifs is 1. The maximum atomic E-state index is 14.0. The Hall–Kier alpha value is -3.48. The van der Waals surface area contributed by atoms with Gasteiger partial charge in [0, 0.05) is 30.4 Å². The number of ether oxygens (including phenoxy) is 1. The summed E-state index contributed by atoms with van der Waals surface area (Å²) in [6.07, 6.45) is 3.25. The lowest BCUT2D eigenvalue weighted by atomic mass is 10.1. The molecule has 2 aromatic carbocycles. The van der Waals surface area contributed by atoms with E-state index in [-0.39, 0.29) is 30.3 Å². The maximum Gasteiger partial charge on any atom is 0.257 e. The quantitative estimate of drug-likeness (QED) is 0.622. The molecule has 32 heavy (non-hydrogen) atoms. The first-order valence-corrected chi connectivity index (χ1v) is 10.7. The van der Waals surface area contributed by atoms with Crippen molar-refractivity contribution in [2.75, 3.05) is 0 Å². The Morgan fingerprint density at radius 2 is 1.81 bits per heavy atom. The highest BCUT2D eigenvalue weighted by Crippen LogP contribution is 2.26. The second-order valence-electron chi connectivity index (χ2n) is 7.82. The topological polar surface area (TPSA) is 60.3 Å². The smallest absolute Gasteiger partial charge is 0.257 e. The molecule has 1 aliphatic rings. The van der Waals surface area contributed by atoms with Crippen LogP contribution < -0.4 is 15.6 Å². The fraction of sp³-hybridized carbons (Fsp3) is 0.280. The van der Waals surface area contributed by atoms with Gasteiger partial charge in [-0.1, -0.05) is 36.8 Å². The summed E-state index contributed by atoms with van der Waals surface area (Å²) in [4.78, 5) is 26.0. The minimum absolute atomic E-state index is 0.0154. The molecule has 0 aliphatic carbocycles. The third-order valence-electron chi connectivity index (χ3n) is 5.61. The van der Waals surface area contributed by atoms with Crippen LogP contribution in [0.2, 0.25) is 0 Å². The van der Waals surface area contributed by atoms with Crippen molar-refractivity contribution in [3.63, 3.8) is 0 Å². The lowest BCUT2D eigenvalue weighted by Crippen LogP contribution is -2.31. The van der Waals surface area contributed by atoms with Crippen molar-refractivity contribution < 1.29 is 18.3 Å². The van der Waals surface area contributed by atoms with Crippen molar-refractivity contribution in [3.05, 3.63) is 99.0 Å². The van der Waals surface area contributed by atoms with E-state index < -0.39 is 11.7 Å². The summed E-state index contributed by atoms with van der Waals surface area (Å²) in [6.45, 7) is 0.637. The van der Waals surface area contributed by atoms with Crippen LogP contribution in [0, 0.1) is 11.6 Å². The first kappa shape index (κ1) is 21.7. The van der Waals surface area contributed by atoms with Crippen LogP contribution in [0.25, 0.3) is 0 Å². The number of nitrogens with one attached hydrogen (secondary N) is 1. The molecule has 7 heteroatoms. The Bertz CT molecular complexity index is 1170. The molecule has 0 saturated heterocycles. The number of hydrogen-bond donors (Lipinski definition) is 1. The molecule has 1 aliphatic heterocycles. The Kier molecular flexibility index (Phi) is 6.63. The van der Waals surface area contributed by atoms with E-state index in [9.17, 15) is 18.4 Å². The fourth-order valence-electron chi connectivity index (χ4n) is 3.92. The van der Waals surface area contributed by atoms with Gasteiger partial charge in [0.15, 0.2) is 0 Å². The number of carbonyl (C=O) groups excluding carboxylic acids is 1. The first-order valence-electron chi connectivity index (χ1n) is 10.7. The molecule has 0 unspecified atom stereocenters. The predicted molar refractivity (Wildman–Crippen MR) is 117 cm³/mol. The van der Waals surface area contributed by atoms with E-state index in [1.54, 1.807) is 34.9 Å². The molecule has 5 nitrogen and oxygen atoms in total. The fourth-order valence-corrected chi connectivity index (χ4v) is 3.92. The number of rotatable bonds is 6. The van der Waals surface area contributed by atoms with Gasteiger partial charge in [-0.2, -0.15) is 0 Å². The van der Waals surface area contributed by atoms with E-state index >= 15 is 0 Å². The van der Waals surface area contributed by atoms with Crippen LogP contribution in [0.4, 0.5) is 8.78 Å². The zero-order valence-electron chi connectivity index (χ0n) is 17.6. The average molecular weight is 438 g/mol. The SMILES string of the molecule is O=C(NCc1ccccc1F)c1c(OCc2ccc(F)cc2)cc(=O)n2c1CCCCC2. The highest BCUT2D eigenvalue weighted by molar-refractivity contribution is 5.98. The molecule has 1 aromatic heterocycles. The van der Waals surface area contributed by atoms with E-state index in [4.69, 9.17) is 4.74 Å². The van der Waals surface area contributed by atoms with Gasteiger partial charge >= 0.3 is 0 Å². The van der Waals surface area contributed by atoms with Crippen LogP contribution in [-0.2, 0) is 26.1 Å². The standard InChI is InChI=1S/C25H24F2N2O3/c26-19-11-9-17(10-12-19)16-32-22-14-23(30)29-13-5-1-2-8-21(29)24(22)25(31)28-15-18-6-3-4-7-20(18)27/h3-4,6-7,9-12,14H,1-2,5,8,13,15-16H2,(H,28,31). The minimum Gasteiger partial charge on any atom is -0.488 e. The number of benzene rings is 2. The van der Waals surface area contributed by atoms with Gasteiger partial charge in [-0.25, -0.2) is 8.78 Å². The van der Waals surface area contributed by atoms with Crippen molar-refractivity contribution in [2.45, 2.75) is 45.4 Å². The third-order valence-corrected chi connectivity index (χ3v) is 5.61. The third kappa shape index (κ3) is 4.88. The molecule has 0 atom stereocenters. The summed E-state index contributed by atoms with van der Waals surface area (Å²) < 4.78 is 34.7. The molecule has 0 saturated carbocycles. The summed E-state index contributed by atoms with van der Waals surface area (Å²) in [6, 6.07) is 13.4. The summed E-state index contributed by atoms with van der Waals surface area (Å²) in [5.74, 6) is -1.000. The summed E-state index contributed by atoms with van der Waals surface area (Å²) in [5.41, 5.74) is 1.79. The van der Waals surface area contributed by atoms with E-state index in [1.165, 1.54) is 24.3 Å². The Balaban J connectivity index is 1.65. The monoisotopic (exact) mass is 438 g/mol. The molecule has 0 fully saturated rings. The number of amides is 1. The van der Waals surface area contributed by atoms with Gasteiger partial charge in [-0.15, -0.1) is 0 Å². The summed E-state index contributed by atoms with van der Waals surface area (Å²) in [7, 11) is 0. The number of aromatic nitrogens is 1. The van der Waals surface area contributed by atoms with Crippen LogP contribution in [-0.4, -0.2) is 10.5 Å². The van der Waals surface area contributed by atoms with E-state index in [0.717, 1.165) is 19.3 Å². The largest absolute Gasteiger partial charge is 0.488 e. The summed E-state index contributed by atoms with van der Waals surface area (Å²) in [5, 5.41) is 2.77. The van der Waals surface area contributed by atoms with Crippen molar-refractivity contribution in [3.8, 4) is 5.75 Å². The van der Waals surface area contributed by atoms with Crippen molar-refractivity contribution in [2.24, 2.45) is 0 Å². The Morgan fingerprint density at radius 3 is 2.59 bits per heavy atom. The predicted octanol–water partition coefficient (Wildman–Crippen LogP) is 4.36. The lowest BCUT2D eigenvalue weighted by Gasteiger charge is -2.19. The molecule has 0 radical (unpaired) electrons. The second kappa shape index (κ2) is 9.77. The molecule has 2 heterocycles. The van der Waals surface area contributed by atoms with Gasteiger partial charge in [-0.05, 0) is 43.0 Å². The van der Waals surface area contributed by atoms with Gasteiger partial charge in [0.2, 0.25) is 0 Å². The van der Waals surface area contributed by atoms with E-state index in [1.807, 2.05) is 0 Å². The second-order valence-corrected chi connectivity index (χ2v) is 7.82. The normalized spacial score (nSPS) is 13.2. The number of nitrogens with zero attached hydrogens (tertiary/aromatic N) is 1. The van der Waals surface area contributed by atoms with Crippen molar-refractivity contribution >= 4 is 5.91 Å². The van der Waals surface area contributed by atoms with Gasteiger partial charge in [0.1, 0.15) is 29.6 Å². The van der Waals surface area contributed by atoms with Gasteiger partial charge in [0.05, 0.1) is 0 Å². The number of pyridine rings is 1. The summed E-state index contributed by atoms with van der Waals surface area (Å²) >= 11 is 0. The highest BCUT2D eigenvalue weighted by Gasteiger charge is 2.24. The van der Waals surface area contributed by atoms with Crippen LogP contribution in [0.1, 0.15) is 46.4 Å².